The van der Waals surface area contributed by atoms with E-state index in [9.17, 15) is 0 Å². The Morgan fingerprint density at radius 2 is 2.00 bits per heavy atom. The maximum Gasteiger partial charge on any atom is 0.0304 e. The van der Waals surface area contributed by atoms with Gasteiger partial charge in [-0.05, 0) is 26.2 Å². The number of hydrogen-bond acceptors (Lipinski definition) is 2. The molecular weight excluding hydrogens is 208 g/mol. The summed E-state index contributed by atoms with van der Waals surface area (Å²) >= 11 is 0. The normalized spacial score (nSPS) is 25.5. The van der Waals surface area contributed by atoms with Crippen molar-refractivity contribution < 1.29 is 0 Å². The quantitative estimate of drug-likeness (QED) is 0.715. The van der Waals surface area contributed by atoms with Gasteiger partial charge >= 0.3 is 0 Å². The standard InChI is InChI=1S/C15H30N2/c1-5-9-11-17-13-15(7-3,8-4)16-12-14(17)10-6-2/h5,9,14,16H,6-8,10-13H2,1-4H3/b9-5+. The van der Waals surface area contributed by atoms with Crippen molar-refractivity contribution in [3.05, 3.63) is 12.2 Å². The van der Waals surface area contributed by atoms with Crippen molar-refractivity contribution in [2.24, 2.45) is 0 Å². The van der Waals surface area contributed by atoms with Crippen molar-refractivity contribution in [1.29, 1.82) is 0 Å². The average Bonchev–Trinajstić information content (AvgIpc) is 2.38. The summed E-state index contributed by atoms with van der Waals surface area (Å²) in [6.07, 6.45) is 9.52. The van der Waals surface area contributed by atoms with Crippen LogP contribution in [0.3, 0.4) is 0 Å². The van der Waals surface area contributed by atoms with Gasteiger partial charge in [0.05, 0.1) is 0 Å². The van der Waals surface area contributed by atoms with Gasteiger partial charge in [-0.25, -0.2) is 0 Å². The smallest absolute Gasteiger partial charge is 0.0304 e. The van der Waals surface area contributed by atoms with Crippen LogP contribution in [0, 0.1) is 0 Å². The lowest BCUT2D eigenvalue weighted by atomic mass is 9.88. The molecule has 0 aromatic rings. The number of nitrogens with one attached hydrogen (secondary N) is 1. The summed E-state index contributed by atoms with van der Waals surface area (Å²) in [5.74, 6) is 0. The molecule has 0 aromatic carbocycles. The SMILES string of the molecule is C/C=C/CN1CC(CC)(CC)NCC1CCC. The van der Waals surface area contributed by atoms with Gasteiger partial charge < -0.3 is 5.32 Å². The molecule has 1 unspecified atom stereocenters. The Labute approximate surface area is 107 Å². The van der Waals surface area contributed by atoms with E-state index in [0.29, 0.717) is 5.54 Å². The molecule has 0 aliphatic carbocycles. The van der Waals surface area contributed by atoms with Crippen LogP contribution in [0.15, 0.2) is 12.2 Å². The second kappa shape index (κ2) is 7.17. The Bertz CT molecular complexity index is 231. The van der Waals surface area contributed by atoms with E-state index in [1.165, 1.54) is 32.2 Å². The molecule has 1 aliphatic heterocycles. The van der Waals surface area contributed by atoms with Crippen LogP contribution in [0.4, 0.5) is 0 Å². The Hall–Kier alpha value is -0.340. The minimum absolute atomic E-state index is 0.353. The van der Waals surface area contributed by atoms with E-state index in [1.807, 2.05) is 0 Å². The number of nitrogens with zero attached hydrogens (tertiary/aromatic N) is 1. The predicted octanol–water partition coefficient (Wildman–Crippen LogP) is 3.20. The second-order valence-electron chi connectivity index (χ2n) is 5.31. The highest BCUT2D eigenvalue weighted by atomic mass is 15.2. The Kier molecular flexibility index (Phi) is 6.21. The molecule has 1 N–H and O–H groups in total. The molecular formula is C15H30N2. The maximum absolute atomic E-state index is 3.81. The molecule has 1 atom stereocenters. The summed E-state index contributed by atoms with van der Waals surface area (Å²) in [6, 6.07) is 0.724. The van der Waals surface area contributed by atoms with Gasteiger partial charge in [-0.15, -0.1) is 0 Å². The van der Waals surface area contributed by atoms with Crippen LogP contribution in [-0.4, -0.2) is 36.1 Å². The second-order valence-corrected chi connectivity index (χ2v) is 5.31. The molecule has 1 saturated heterocycles. The van der Waals surface area contributed by atoms with Gasteiger partial charge in [0.15, 0.2) is 0 Å². The van der Waals surface area contributed by atoms with Crippen LogP contribution in [0.1, 0.15) is 53.4 Å². The molecule has 0 amide bonds. The molecule has 1 aliphatic rings. The fraction of sp³-hybridized carbons (Fsp3) is 0.867. The summed E-state index contributed by atoms with van der Waals surface area (Å²) in [5.41, 5.74) is 0.353. The first kappa shape index (κ1) is 14.7. The molecule has 0 saturated carbocycles. The van der Waals surface area contributed by atoms with E-state index >= 15 is 0 Å². The summed E-state index contributed by atoms with van der Waals surface area (Å²) in [7, 11) is 0. The summed E-state index contributed by atoms with van der Waals surface area (Å²) in [4.78, 5) is 2.67. The van der Waals surface area contributed by atoms with Gasteiger partial charge in [0.1, 0.15) is 0 Å². The van der Waals surface area contributed by atoms with Gasteiger partial charge in [0.25, 0.3) is 0 Å². The van der Waals surface area contributed by atoms with Gasteiger partial charge in [-0.3, -0.25) is 4.90 Å². The lowest BCUT2D eigenvalue weighted by Gasteiger charge is -2.47. The van der Waals surface area contributed by atoms with E-state index in [1.54, 1.807) is 0 Å². The third-order valence-corrected chi connectivity index (χ3v) is 4.29. The average molecular weight is 238 g/mol. The number of hydrogen-bond donors (Lipinski definition) is 1. The van der Waals surface area contributed by atoms with Crippen molar-refractivity contribution in [3.8, 4) is 0 Å². The highest BCUT2D eigenvalue weighted by Crippen LogP contribution is 2.24. The topological polar surface area (TPSA) is 15.3 Å². The van der Waals surface area contributed by atoms with Gasteiger partial charge in [0, 0.05) is 31.2 Å². The molecule has 17 heavy (non-hydrogen) atoms. The molecule has 0 aromatic heterocycles. The Morgan fingerprint density at radius 3 is 2.53 bits per heavy atom. The number of rotatable bonds is 6. The minimum atomic E-state index is 0.353. The first-order chi connectivity index (χ1) is 8.21. The van der Waals surface area contributed by atoms with Crippen LogP contribution in [-0.2, 0) is 0 Å². The molecule has 1 rings (SSSR count). The first-order valence-electron chi connectivity index (χ1n) is 7.31. The first-order valence-corrected chi connectivity index (χ1v) is 7.31. The van der Waals surface area contributed by atoms with Crippen LogP contribution in [0.5, 0.6) is 0 Å². The van der Waals surface area contributed by atoms with Gasteiger partial charge in [-0.1, -0.05) is 39.3 Å². The molecule has 0 bridgehead atoms. The van der Waals surface area contributed by atoms with Crippen molar-refractivity contribution in [2.75, 3.05) is 19.6 Å². The molecule has 2 heteroatoms. The third-order valence-electron chi connectivity index (χ3n) is 4.29. The Balaban J connectivity index is 2.67. The molecule has 0 radical (unpaired) electrons. The lowest BCUT2D eigenvalue weighted by Crippen LogP contribution is -2.63. The monoisotopic (exact) mass is 238 g/mol. The van der Waals surface area contributed by atoms with Crippen molar-refractivity contribution in [3.63, 3.8) is 0 Å². The van der Waals surface area contributed by atoms with Crippen molar-refractivity contribution in [2.45, 2.75) is 65.0 Å². The Morgan fingerprint density at radius 1 is 1.29 bits per heavy atom. The van der Waals surface area contributed by atoms with Crippen LogP contribution >= 0.6 is 0 Å². The molecule has 100 valence electrons. The summed E-state index contributed by atoms with van der Waals surface area (Å²) in [6.45, 7) is 12.5. The van der Waals surface area contributed by atoms with Gasteiger partial charge in [0.2, 0.25) is 0 Å². The van der Waals surface area contributed by atoms with Crippen LogP contribution in [0.25, 0.3) is 0 Å². The largest absolute Gasteiger partial charge is 0.308 e. The molecule has 1 fully saturated rings. The zero-order valence-corrected chi connectivity index (χ0v) is 12.1. The highest BCUT2D eigenvalue weighted by molar-refractivity contribution is 4.98. The summed E-state index contributed by atoms with van der Waals surface area (Å²) in [5, 5.41) is 3.81. The van der Waals surface area contributed by atoms with Crippen LogP contribution < -0.4 is 5.32 Å². The third kappa shape index (κ3) is 3.82. The van der Waals surface area contributed by atoms with E-state index in [2.05, 4.69) is 50.1 Å². The zero-order chi connectivity index (χ0) is 12.7. The minimum Gasteiger partial charge on any atom is -0.308 e. The molecule has 0 spiro atoms. The highest BCUT2D eigenvalue weighted by Gasteiger charge is 2.35. The number of piperazine rings is 1. The maximum atomic E-state index is 3.81. The van der Waals surface area contributed by atoms with E-state index in [4.69, 9.17) is 0 Å². The zero-order valence-electron chi connectivity index (χ0n) is 12.1. The molecule has 1 heterocycles. The van der Waals surface area contributed by atoms with Gasteiger partial charge in [-0.2, -0.15) is 0 Å². The fourth-order valence-corrected chi connectivity index (χ4v) is 2.83. The van der Waals surface area contributed by atoms with Crippen molar-refractivity contribution >= 4 is 0 Å². The fourth-order valence-electron chi connectivity index (χ4n) is 2.83. The van der Waals surface area contributed by atoms with E-state index in [0.717, 1.165) is 19.1 Å². The van der Waals surface area contributed by atoms with Crippen LogP contribution in [0.2, 0.25) is 0 Å². The summed E-state index contributed by atoms with van der Waals surface area (Å²) < 4.78 is 0. The molecule has 2 nitrogen and oxygen atoms in total. The van der Waals surface area contributed by atoms with E-state index in [-0.39, 0.29) is 0 Å². The number of allylic oxidation sites excluding steroid dienone is 1. The van der Waals surface area contributed by atoms with Crippen molar-refractivity contribution in [1.82, 2.24) is 10.2 Å². The van der Waals surface area contributed by atoms with E-state index < -0.39 is 0 Å². The predicted molar refractivity (Wildman–Crippen MR) is 76.4 cm³/mol. The lowest BCUT2D eigenvalue weighted by molar-refractivity contribution is 0.0781.